The third-order valence-corrected chi connectivity index (χ3v) is 3.75. The molecule has 0 spiro atoms. The molecule has 1 fully saturated rings. The van der Waals surface area contributed by atoms with Crippen molar-refractivity contribution in [3.63, 3.8) is 0 Å². The second-order valence-electron chi connectivity index (χ2n) is 5.16. The Morgan fingerprint density at radius 2 is 2.08 bits per heavy atom. The Labute approximate surface area is 149 Å². The highest BCUT2D eigenvalue weighted by molar-refractivity contribution is 7.80. The summed E-state index contributed by atoms with van der Waals surface area (Å²) in [7, 11) is 1.48. The second-order valence-corrected chi connectivity index (χ2v) is 5.56. The lowest BCUT2D eigenvalue weighted by atomic mass is 9.88. The quantitative estimate of drug-likeness (QED) is 0.432. The van der Waals surface area contributed by atoms with Gasteiger partial charge in [-0.25, -0.2) is 0 Å². The van der Waals surface area contributed by atoms with Crippen LogP contribution in [0.15, 0.2) is 36.5 Å². The first-order valence-electron chi connectivity index (χ1n) is 7.39. The maximum absolute atomic E-state index is 12.7. The minimum Gasteiger partial charge on any atom is -0.463 e. The number of ether oxygens (including phenoxy) is 3. The monoisotopic (exact) mass is 372 g/mol. The fourth-order valence-corrected chi connectivity index (χ4v) is 2.74. The Hall–Kier alpha value is -2.26. The molecule has 1 saturated heterocycles. The van der Waals surface area contributed by atoms with Gasteiger partial charge in [0.15, 0.2) is 5.11 Å². The zero-order chi connectivity index (χ0) is 18.4. The van der Waals surface area contributed by atoms with E-state index in [4.69, 9.17) is 21.7 Å². The molecule has 1 aliphatic heterocycles. The van der Waals surface area contributed by atoms with Gasteiger partial charge in [0.1, 0.15) is 18.3 Å². The molecule has 136 valence electrons. The summed E-state index contributed by atoms with van der Waals surface area (Å²) in [5.74, 6) is -1.52. The molecule has 2 rings (SSSR count). The molecule has 1 aromatic rings. The summed E-state index contributed by atoms with van der Waals surface area (Å²) in [6.45, 7) is 1.10. The molecule has 1 aromatic carbocycles. The zero-order valence-corrected chi connectivity index (χ0v) is 14.3. The van der Waals surface area contributed by atoms with Crippen LogP contribution in [0.2, 0.25) is 0 Å². The molecule has 0 saturated carbocycles. The van der Waals surface area contributed by atoms with Gasteiger partial charge in [0.05, 0.1) is 12.6 Å². The third kappa shape index (κ3) is 4.86. The van der Waals surface area contributed by atoms with E-state index in [2.05, 4.69) is 21.9 Å². The van der Waals surface area contributed by atoms with Crippen LogP contribution in [0.1, 0.15) is 11.6 Å². The van der Waals surface area contributed by atoms with Crippen LogP contribution < -0.4 is 15.4 Å². The lowest BCUT2D eigenvalue weighted by Gasteiger charge is -2.35. The van der Waals surface area contributed by atoms with Crippen LogP contribution in [0, 0.1) is 5.92 Å². The lowest BCUT2D eigenvalue weighted by Crippen LogP contribution is -2.51. The molecule has 9 heteroatoms. The summed E-state index contributed by atoms with van der Waals surface area (Å²) in [6.07, 6.45) is 0. The number of hydrogen-bond donors (Lipinski definition) is 2. The smallest absolute Gasteiger partial charge is 0.387 e. The molecule has 25 heavy (non-hydrogen) atoms. The largest absolute Gasteiger partial charge is 0.463 e. The highest BCUT2D eigenvalue weighted by Crippen LogP contribution is 2.36. The van der Waals surface area contributed by atoms with E-state index in [9.17, 15) is 13.6 Å². The van der Waals surface area contributed by atoms with E-state index in [1.807, 2.05) is 0 Å². The number of carbonyl (C=O) groups excluding carboxylic acids is 1. The minimum absolute atomic E-state index is 0.0535. The molecule has 2 atom stereocenters. The molecule has 6 nitrogen and oxygen atoms in total. The van der Waals surface area contributed by atoms with E-state index >= 15 is 0 Å². The van der Waals surface area contributed by atoms with E-state index in [0.29, 0.717) is 11.3 Å². The summed E-state index contributed by atoms with van der Waals surface area (Å²) >= 11 is 5.09. The molecule has 0 aliphatic carbocycles. The third-order valence-electron chi connectivity index (χ3n) is 3.53. The molecular formula is C16H18F2N2O4S. The van der Waals surface area contributed by atoms with Crippen molar-refractivity contribution in [3.05, 3.63) is 42.1 Å². The number of nitrogens with one attached hydrogen (secondary N) is 2. The van der Waals surface area contributed by atoms with Gasteiger partial charge in [-0.2, -0.15) is 8.78 Å². The molecule has 0 aromatic heterocycles. The van der Waals surface area contributed by atoms with Crippen LogP contribution in [0.3, 0.4) is 0 Å². The van der Waals surface area contributed by atoms with Gasteiger partial charge in [0.2, 0.25) is 0 Å². The van der Waals surface area contributed by atoms with Crippen molar-refractivity contribution in [1.29, 1.82) is 0 Å². The maximum atomic E-state index is 12.7. The van der Waals surface area contributed by atoms with Crippen LogP contribution in [-0.4, -0.2) is 38.0 Å². The fraction of sp³-hybridized carbons (Fsp3) is 0.375. The van der Waals surface area contributed by atoms with Gasteiger partial charge >= 0.3 is 12.6 Å². The average Bonchev–Trinajstić information content (AvgIpc) is 2.54. The van der Waals surface area contributed by atoms with Crippen LogP contribution in [0.4, 0.5) is 8.78 Å². The molecule has 2 unspecified atom stereocenters. The lowest BCUT2D eigenvalue weighted by molar-refractivity contribution is -0.149. The fourth-order valence-electron chi connectivity index (χ4n) is 2.48. The second kappa shape index (κ2) is 8.72. The molecular weight excluding hydrogens is 354 g/mol. The van der Waals surface area contributed by atoms with Gasteiger partial charge in [-0.05, 0) is 18.3 Å². The molecule has 0 bridgehead atoms. The molecule has 1 heterocycles. The number of carbonyl (C=O) groups is 1. The number of para-hydroxylation sites is 1. The molecule has 0 amide bonds. The normalized spacial score (nSPS) is 20.0. The Kier molecular flexibility index (Phi) is 6.65. The predicted octanol–water partition coefficient (Wildman–Crippen LogP) is 2.13. The van der Waals surface area contributed by atoms with Gasteiger partial charge in [0, 0.05) is 18.4 Å². The molecule has 0 radical (unpaired) electrons. The number of esters is 1. The van der Waals surface area contributed by atoms with Crippen molar-refractivity contribution in [2.45, 2.75) is 12.7 Å². The van der Waals surface area contributed by atoms with E-state index in [1.165, 1.54) is 13.2 Å². The minimum atomic E-state index is -3.00. The van der Waals surface area contributed by atoms with E-state index in [1.54, 1.807) is 18.2 Å². The number of halogens is 2. The summed E-state index contributed by atoms with van der Waals surface area (Å²) in [4.78, 5) is 12.5. The Morgan fingerprint density at radius 3 is 2.76 bits per heavy atom. The number of rotatable bonds is 7. The number of methoxy groups -OCH3 is 1. The highest BCUT2D eigenvalue weighted by atomic mass is 32.1. The number of benzene rings is 1. The Bertz CT molecular complexity index is 657. The predicted molar refractivity (Wildman–Crippen MR) is 90.1 cm³/mol. The van der Waals surface area contributed by atoms with Crippen molar-refractivity contribution in [2.24, 2.45) is 5.92 Å². The maximum Gasteiger partial charge on any atom is 0.387 e. The topological polar surface area (TPSA) is 68.8 Å². The van der Waals surface area contributed by atoms with Crippen molar-refractivity contribution in [2.75, 3.05) is 20.3 Å². The van der Waals surface area contributed by atoms with Gasteiger partial charge in [0.25, 0.3) is 0 Å². The Balaban J connectivity index is 2.32. The van der Waals surface area contributed by atoms with Crippen molar-refractivity contribution in [3.8, 4) is 5.75 Å². The first kappa shape index (κ1) is 19.1. The van der Waals surface area contributed by atoms with Gasteiger partial charge in [-0.15, -0.1) is 0 Å². The summed E-state index contributed by atoms with van der Waals surface area (Å²) in [5.41, 5.74) is 0.657. The average molecular weight is 372 g/mol. The van der Waals surface area contributed by atoms with Crippen LogP contribution >= 0.6 is 12.2 Å². The number of alkyl halides is 2. The Morgan fingerprint density at radius 1 is 1.36 bits per heavy atom. The zero-order valence-electron chi connectivity index (χ0n) is 13.5. The first-order valence-corrected chi connectivity index (χ1v) is 7.80. The van der Waals surface area contributed by atoms with Crippen LogP contribution in [0.25, 0.3) is 0 Å². The van der Waals surface area contributed by atoms with E-state index < -0.39 is 24.5 Å². The van der Waals surface area contributed by atoms with Crippen molar-refractivity contribution >= 4 is 23.3 Å². The summed E-state index contributed by atoms with van der Waals surface area (Å²) in [6, 6.07) is 5.42. The highest BCUT2D eigenvalue weighted by Gasteiger charge is 2.39. The summed E-state index contributed by atoms with van der Waals surface area (Å²) in [5, 5.41) is 5.89. The molecule has 2 N–H and O–H groups in total. The van der Waals surface area contributed by atoms with Crippen molar-refractivity contribution in [1.82, 2.24) is 10.6 Å². The van der Waals surface area contributed by atoms with Crippen LogP contribution in [-0.2, 0) is 14.3 Å². The van der Waals surface area contributed by atoms with E-state index in [-0.39, 0.29) is 24.1 Å². The first-order chi connectivity index (χ1) is 11.9. The van der Waals surface area contributed by atoms with Gasteiger partial charge in [-0.1, -0.05) is 24.8 Å². The molecule has 1 aliphatic rings. The summed E-state index contributed by atoms with van der Waals surface area (Å²) < 4.78 is 39.9. The van der Waals surface area contributed by atoms with Crippen molar-refractivity contribution < 1.29 is 27.8 Å². The van der Waals surface area contributed by atoms with Gasteiger partial charge < -0.3 is 24.8 Å². The van der Waals surface area contributed by atoms with Crippen LogP contribution in [0.5, 0.6) is 5.75 Å². The number of thiocarbonyl (C=S) groups is 1. The number of hydrogen-bond acceptors (Lipinski definition) is 5. The van der Waals surface area contributed by atoms with Gasteiger partial charge in [-0.3, -0.25) is 4.79 Å². The van der Waals surface area contributed by atoms with E-state index in [0.717, 1.165) is 0 Å². The standard InChI is InChI=1S/C16H18F2N2O4S/c1-9-12(14(21)23-8-7-22-2)13(20-16(25)19-9)10-5-3-4-6-11(10)24-15(17)18/h3-6,12-13,15H,1,7-8H2,2H3,(H2,19,20,25). The SMILES string of the molecule is C=C1NC(=S)NC(c2ccccc2OC(F)F)C1C(=O)OCCOC.